The van der Waals surface area contributed by atoms with Gasteiger partial charge < -0.3 is 5.11 Å². The maximum atomic E-state index is 12.9. The summed E-state index contributed by atoms with van der Waals surface area (Å²) >= 11 is 0. The number of aromatic nitrogens is 1. The van der Waals surface area contributed by atoms with Crippen LogP contribution in [0, 0.1) is 11.8 Å². The van der Waals surface area contributed by atoms with Gasteiger partial charge in [-0.15, -0.1) is 0 Å². The molecule has 82 valence electrons. The van der Waals surface area contributed by atoms with Crippen LogP contribution >= 0.6 is 0 Å². The zero-order chi connectivity index (χ0) is 11.6. The average Bonchev–Trinajstić information content (AvgIpc) is 1.99. The van der Waals surface area contributed by atoms with Crippen molar-refractivity contribution in [2.75, 3.05) is 0 Å². The zero-order valence-electron chi connectivity index (χ0n) is 7.18. The topological polar surface area (TPSA) is 50.2 Å². The van der Waals surface area contributed by atoms with Crippen molar-refractivity contribution in [2.45, 2.75) is 12.8 Å². The Hall–Kier alpha value is -1.66. The van der Waals surface area contributed by atoms with Crippen LogP contribution in [0.15, 0.2) is 6.07 Å². The van der Waals surface area contributed by atoms with E-state index in [2.05, 4.69) is 4.98 Å². The number of rotatable bonds is 3. The van der Waals surface area contributed by atoms with E-state index >= 15 is 0 Å². The third-order valence-electron chi connectivity index (χ3n) is 1.59. The van der Waals surface area contributed by atoms with Crippen LogP contribution < -0.4 is 0 Å². The second kappa shape index (κ2) is 4.24. The highest BCUT2D eigenvalue weighted by Gasteiger charge is 2.22. The van der Waals surface area contributed by atoms with Gasteiger partial charge in [0.15, 0.2) is 0 Å². The van der Waals surface area contributed by atoms with E-state index in [1.807, 2.05) is 0 Å². The van der Waals surface area contributed by atoms with Gasteiger partial charge in [-0.3, -0.25) is 4.79 Å². The molecule has 3 nitrogen and oxygen atoms in total. The second-order valence-corrected chi connectivity index (χ2v) is 2.66. The SMILES string of the molecule is O=C(O)Cc1nc(F)cc(F)c1C(F)F. The van der Waals surface area contributed by atoms with Crippen molar-refractivity contribution in [3.05, 3.63) is 29.1 Å². The first-order valence-electron chi connectivity index (χ1n) is 3.76. The lowest BCUT2D eigenvalue weighted by molar-refractivity contribution is -0.136. The molecule has 1 aromatic heterocycles. The molecule has 0 aromatic carbocycles. The minimum atomic E-state index is -3.23. The standard InChI is InChI=1S/C8H5F4NO2/c9-3-1-5(10)13-4(2-6(14)15)7(3)8(11)12/h1,8H,2H2,(H,14,15). The van der Waals surface area contributed by atoms with E-state index in [1.54, 1.807) is 0 Å². The van der Waals surface area contributed by atoms with E-state index in [0.717, 1.165) is 0 Å². The quantitative estimate of drug-likeness (QED) is 0.629. The van der Waals surface area contributed by atoms with Crippen molar-refractivity contribution in [1.29, 1.82) is 0 Å². The van der Waals surface area contributed by atoms with Gasteiger partial charge in [-0.2, -0.15) is 4.39 Å². The fourth-order valence-electron chi connectivity index (χ4n) is 1.05. The van der Waals surface area contributed by atoms with Gasteiger partial charge in [0.1, 0.15) is 5.82 Å². The maximum Gasteiger partial charge on any atom is 0.309 e. The molecule has 0 fully saturated rings. The van der Waals surface area contributed by atoms with Crippen molar-refractivity contribution in [3.8, 4) is 0 Å². The average molecular weight is 223 g/mol. The van der Waals surface area contributed by atoms with Crippen molar-refractivity contribution in [3.63, 3.8) is 0 Å². The summed E-state index contributed by atoms with van der Waals surface area (Å²) < 4.78 is 49.9. The number of alkyl halides is 2. The molecule has 0 aliphatic rings. The monoisotopic (exact) mass is 223 g/mol. The molecule has 1 aromatic rings. The van der Waals surface area contributed by atoms with Gasteiger partial charge in [0, 0.05) is 6.07 Å². The van der Waals surface area contributed by atoms with E-state index < -0.39 is 41.8 Å². The lowest BCUT2D eigenvalue weighted by Crippen LogP contribution is -2.10. The van der Waals surface area contributed by atoms with Crippen molar-refractivity contribution < 1.29 is 27.5 Å². The summed E-state index contributed by atoms with van der Waals surface area (Å²) in [5, 5.41) is 8.33. The molecule has 0 aliphatic carbocycles. The van der Waals surface area contributed by atoms with E-state index in [-0.39, 0.29) is 6.07 Å². The van der Waals surface area contributed by atoms with E-state index in [9.17, 15) is 22.4 Å². The van der Waals surface area contributed by atoms with Gasteiger partial charge >= 0.3 is 5.97 Å². The van der Waals surface area contributed by atoms with Crippen molar-refractivity contribution in [2.24, 2.45) is 0 Å². The van der Waals surface area contributed by atoms with Crippen LogP contribution in [-0.4, -0.2) is 16.1 Å². The summed E-state index contributed by atoms with van der Waals surface area (Å²) in [4.78, 5) is 13.2. The van der Waals surface area contributed by atoms with Gasteiger partial charge in [-0.25, -0.2) is 18.2 Å². The number of carboxylic acid groups (broad SMARTS) is 1. The second-order valence-electron chi connectivity index (χ2n) is 2.66. The predicted molar refractivity (Wildman–Crippen MR) is 40.4 cm³/mol. The molecule has 0 spiro atoms. The lowest BCUT2D eigenvalue weighted by atomic mass is 10.1. The first-order valence-corrected chi connectivity index (χ1v) is 3.76. The van der Waals surface area contributed by atoms with E-state index in [1.165, 1.54) is 0 Å². The molecular weight excluding hydrogens is 218 g/mol. The summed E-state index contributed by atoms with van der Waals surface area (Å²) in [5.41, 5.74) is -1.96. The third-order valence-corrected chi connectivity index (χ3v) is 1.59. The van der Waals surface area contributed by atoms with E-state index in [4.69, 9.17) is 5.11 Å². The summed E-state index contributed by atoms with van der Waals surface area (Å²) in [5.74, 6) is -4.31. The number of hydrogen-bond donors (Lipinski definition) is 1. The Morgan fingerprint density at radius 2 is 2.07 bits per heavy atom. The van der Waals surface area contributed by atoms with Gasteiger partial charge in [0.05, 0.1) is 17.7 Å². The number of carboxylic acids is 1. The Labute approximate surface area is 81.4 Å². The molecule has 15 heavy (non-hydrogen) atoms. The molecule has 0 aliphatic heterocycles. The van der Waals surface area contributed by atoms with Gasteiger partial charge in [0.2, 0.25) is 5.95 Å². The minimum Gasteiger partial charge on any atom is -0.481 e. The Kier molecular flexibility index (Phi) is 3.23. The zero-order valence-corrected chi connectivity index (χ0v) is 7.18. The molecule has 0 atom stereocenters. The molecule has 0 saturated carbocycles. The maximum absolute atomic E-state index is 12.9. The number of carbonyl (C=O) groups is 1. The first-order chi connectivity index (χ1) is 6.91. The van der Waals surface area contributed by atoms with Crippen LogP contribution in [-0.2, 0) is 11.2 Å². The van der Waals surface area contributed by atoms with Gasteiger partial charge in [0.25, 0.3) is 6.43 Å². The van der Waals surface area contributed by atoms with E-state index in [0.29, 0.717) is 0 Å². The normalized spacial score (nSPS) is 10.7. The highest BCUT2D eigenvalue weighted by Crippen LogP contribution is 2.25. The van der Waals surface area contributed by atoms with Crippen LogP contribution in [0.1, 0.15) is 17.7 Å². The first kappa shape index (κ1) is 11.4. The molecule has 1 N–H and O–H groups in total. The summed E-state index contributed by atoms with van der Waals surface area (Å²) in [6, 6.07) is 0.187. The lowest BCUT2D eigenvalue weighted by Gasteiger charge is -2.06. The van der Waals surface area contributed by atoms with Crippen LogP contribution in [0.3, 0.4) is 0 Å². The molecule has 7 heteroatoms. The summed E-state index contributed by atoms with van der Waals surface area (Å²) in [7, 11) is 0. The Morgan fingerprint density at radius 3 is 2.53 bits per heavy atom. The molecule has 0 bridgehead atoms. The fourth-order valence-corrected chi connectivity index (χ4v) is 1.05. The number of nitrogens with zero attached hydrogens (tertiary/aromatic N) is 1. The molecule has 0 radical (unpaired) electrons. The van der Waals surface area contributed by atoms with Gasteiger partial charge in [-0.1, -0.05) is 0 Å². The van der Waals surface area contributed by atoms with Crippen LogP contribution in [0.4, 0.5) is 17.6 Å². The summed E-state index contributed by atoms with van der Waals surface area (Å²) in [6.45, 7) is 0. The highest BCUT2D eigenvalue weighted by molar-refractivity contribution is 5.70. The van der Waals surface area contributed by atoms with Crippen molar-refractivity contribution >= 4 is 5.97 Å². The molecule has 0 saturated heterocycles. The van der Waals surface area contributed by atoms with Crippen molar-refractivity contribution in [1.82, 2.24) is 4.98 Å². The molecule has 1 rings (SSSR count). The third kappa shape index (κ3) is 2.64. The van der Waals surface area contributed by atoms with Crippen LogP contribution in [0.5, 0.6) is 0 Å². The fraction of sp³-hybridized carbons (Fsp3) is 0.250. The predicted octanol–water partition coefficient (Wildman–Crippen LogP) is 1.92. The number of aliphatic carboxylic acids is 1. The van der Waals surface area contributed by atoms with Crippen LogP contribution in [0.25, 0.3) is 0 Å². The number of hydrogen-bond acceptors (Lipinski definition) is 2. The molecule has 0 amide bonds. The molecule has 1 heterocycles. The molecule has 0 unspecified atom stereocenters. The number of pyridine rings is 1. The smallest absolute Gasteiger partial charge is 0.309 e. The molecular formula is C8H5F4NO2. The summed E-state index contributed by atoms with van der Waals surface area (Å²) in [6.07, 6.45) is -4.18. The Bertz CT molecular complexity index is 394. The largest absolute Gasteiger partial charge is 0.481 e. The van der Waals surface area contributed by atoms with Crippen LogP contribution in [0.2, 0.25) is 0 Å². The Balaban J connectivity index is 3.26. The minimum absolute atomic E-state index is 0.187. The van der Waals surface area contributed by atoms with Gasteiger partial charge in [-0.05, 0) is 0 Å². The Morgan fingerprint density at radius 1 is 1.47 bits per heavy atom. The number of halogens is 4. The highest BCUT2D eigenvalue weighted by atomic mass is 19.3.